The Morgan fingerprint density at radius 1 is 0.765 bits per heavy atom. The second-order valence-electron chi connectivity index (χ2n) is 4.19. The van der Waals surface area contributed by atoms with E-state index in [-0.39, 0.29) is 0 Å². The molecule has 2 rings (SSSR count). The summed E-state index contributed by atoms with van der Waals surface area (Å²) in [4.78, 5) is 0. The van der Waals surface area contributed by atoms with Crippen molar-refractivity contribution in [3.05, 3.63) is 71.8 Å². The summed E-state index contributed by atoms with van der Waals surface area (Å²) >= 11 is -0.756. The molecular formula is C15H15ClSn. The zero-order valence-electron chi connectivity index (χ0n) is 9.64. The third-order valence-electron chi connectivity index (χ3n) is 2.80. The maximum atomic E-state index is 6.24. The molecule has 0 heterocycles. The molecule has 0 spiro atoms. The van der Waals surface area contributed by atoms with Crippen LogP contribution in [0.25, 0.3) is 0 Å². The van der Waals surface area contributed by atoms with Crippen LogP contribution in [0, 0.1) is 0 Å². The molecule has 0 amide bonds. The van der Waals surface area contributed by atoms with Crippen molar-refractivity contribution in [1.82, 2.24) is 0 Å². The molecule has 0 unspecified atom stereocenters. The number of benzene rings is 2. The van der Waals surface area contributed by atoms with Crippen LogP contribution in [0.4, 0.5) is 0 Å². The molecule has 86 valence electrons. The summed E-state index contributed by atoms with van der Waals surface area (Å²) in [6.07, 6.45) is 2.26. The van der Waals surface area contributed by atoms with Gasteiger partial charge < -0.3 is 0 Å². The predicted octanol–water partition coefficient (Wildman–Crippen LogP) is 4.12. The number of rotatable bonds is 5. The minimum absolute atomic E-state index is 0.685. The van der Waals surface area contributed by atoms with Crippen LogP contribution in [-0.4, -0.2) is 20.0 Å². The Morgan fingerprint density at radius 3 is 1.53 bits per heavy atom. The summed E-state index contributed by atoms with van der Waals surface area (Å²) < 4.78 is 0.685. The molecule has 0 aliphatic heterocycles. The summed E-state index contributed by atoms with van der Waals surface area (Å²) in [5.41, 5.74) is 2.82. The van der Waals surface area contributed by atoms with Crippen molar-refractivity contribution in [2.75, 3.05) is 0 Å². The molecule has 0 saturated heterocycles. The zero-order chi connectivity index (χ0) is 11.9. The van der Waals surface area contributed by atoms with Gasteiger partial charge in [0.2, 0.25) is 0 Å². The van der Waals surface area contributed by atoms with Crippen molar-refractivity contribution in [2.24, 2.45) is 0 Å². The van der Waals surface area contributed by atoms with Gasteiger partial charge in [0.25, 0.3) is 0 Å². The van der Waals surface area contributed by atoms with Gasteiger partial charge in [0.1, 0.15) is 0 Å². The van der Waals surface area contributed by atoms with Crippen LogP contribution in [0.1, 0.15) is 11.1 Å². The Kier molecular flexibility index (Phi) is 5.40. The summed E-state index contributed by atoms with van der Waals surface area (Å²) in [7, 11) is 6.24. The molecule has 2 aromatic rings. The van der Waals surface area contributed by atoms with Gasteiger partial charge in [-0.1, -0.05) is 0 Å². The zero-order valence-corrected chi connectivity index (χ0v) is 13.3. The van der Waals surface area contributed by atoms with Crippen LogP contribution < -0.4 is 0 Å². The third-order valence-corrected chi connectivity index (χ3v) is 6.92. The first-order valence-electron chi connectivity index (χ1n) is 5.82. The van der Waals surface area contributed by atoms with Crippen LogP contribution in [0.15, 0.2) is 60.7 Å². The van der Waals surface area contributed by atoms with E-state index in [0.29, 0.717) is 3.93 Å². The van der Waals surface area contributed by atoms with E-state index in [9.17, 15) is 0 Å². The average Bonchev–Trinajstić information content (AvgIpc) is 2.40. The second-order valence-corrected chi connectivity index (χ2v) is 8.60. The quantitative estimate of drug-likeness (QED) is 0.713. The Bertz CT molecular complexity index is 386. The predicted molar refractivity (Wildman–Crippen MR) is 75.6 cm³/mol. The van der Waals surface area contributed by atoms with Gasteiger partial charge >= 0.3 is 118 Å². The first kappa shape index (κ1) is 13.0. The topological polar surface area (TPSA) is 0 Å². The maximum absolute atomic E-state index is 6.24. The van der Waals surface area contributed by atoms with Gasteiger partial charge in [-0.3, -0.25) is 0 Å². The van der Waals surface area contributed by atoms with E-state index in [4.69, 9.17) is 8.92 Å². The molecule has 0 bridgehead atoms. The van der Waals surface area contributed by atoms with Crippen LogP contribution in [0.2, 0.25) is 3.93 Å². The Hall–Kier alpha value is -0.471. The second kappa shape index (κ2) is 7.07. The monoisotopic (exact) mass is 350 g/mol. The van der Waals surface area contributed by atoms with Gasteiger partial charge in [0.05, 0.1) is 0 Å². The fraction of sp³-hybridized carbons (Fsp3) is 0.200. The summed E-state index contributed by atoms with van der Waals surface area (Å²) in [6, 6.07) is 21.3. The fourth-order valence-electron chi connectivity index (χ4n) is 1.95. The standard InChI is InChI=1S/C15H15.ClH.Sn/c1-3-8-14(9-4-1)12-7-13-15-10-5-2-6-11-15;;/h1-11H,12-13H2;1H;/q;;+1/p-1. The van der Waals surface area contributed by atoms with Crippen LogP contribution >= 0.6 is 8.92 Å². The molecule has 2 radical (unpaired) electrons. The first-order valence-corrected chi connectivity index (χ1v) is 11.1. The minimum atomic E-state index is -0.756. The number of hydrogen-bond acceptors (Lipinski definition) is 0. The van der Waals surface area contributed by atoms with E-state index >= 15 is 0 Å². The molecule has 2 aromatic carbocycles. The van der Waals surface area contributed by atoms with Crippen molar-refractivity contribution < 1.29 is 0 Å². The van der Waals surface area contributed by atoms with E-state index < -0.39 is 20.0 Å². The summed E-state index contributed by atoms with van der Waals surface area (Å²) in [5, 5.41) is 0. The SMILES string of the molecule is [Cl][Sn][CH](Cc1ccccc1)Cc1ccccc1. The van der Waals surface area contributed by atoms with E-state index in [2.05, 4.69) is 60.7 Å². The van der Waals surface area contributed by atoms with Crippen molar-refractivity contribution in [1.29, 1.82) is 0 Å². The van der Waals surface area contributed by atoms with E-state index in [1.54, 1.807) is 0 Å². The Morgan fingerprint density at radius 2 is 1.18 bits per heavy atom. The molecule has 0 saturated carbocycles. The van der Waals surface area contributed by atoms with Crippen molar-refractivity contribution in [3.8, 4) is 0 Å². The molecule has 2 heteroatoms. The number of halogens is 1. The Balaban J connectivity index is 1.98. The molecule has 0 N–H and O–H groups in total. The summed E-state index contributed by atoms with van der Waals surface area (Å²) in [6.45, 7) is 0. The van der Waals surface area contributed by atoms with Crippen LogP contribution in [0.5, 0.6) is 0 Å². The van der Waals surface area contributed by atoms with Crippen LogP contribution in [-0.2, 0) is 12.8 Å². The molecular weight excluding hydrogens is 334 g/mol. The molecule has 0 atom stereocenters. The average molecular weight is 349 g/mol. The van der Waals surface area contributed by atoms with Gasteiger partial charge in [-0.15, -0.1) is 0 Å². The first-order chi connectivity index (χ1) is 8.38. The van der Waals surface area contributed by atoms with E-state index in [0.717, 1.165) is 12.8 Å². The van der Waals surface area contributed by atoms with Gasteiger partial charge in [0.15, 0.2) is 0 Å². The molecule has 0 nitrogen and oxygen atoms in total. The van der Waals surface area contributed by atoms with Crippen molar-refractivity contribution in [2.45, 2.75) is 16.8 Å². The molecule has 0 fully saturated rings. The van der Waals surface area contributed by atoms with Crippen molar-refractivity contribution >= 4 is 28.9 Å². The normalized spacial score (nSPS) is 10.7. The summed E-state index contributed by atoms with van der Waals surface area (Å²) in [5.74, 6) is 0. The van der Waals surface area contributed by atoms with E-state index in [1.807, 2.05) is 0 Å². The molecule has 17 heavy (non-hydrogen) atoms. The van der Waals surface area contributed by atoms with Gasteiger partial charge in [0, 0.05) is 0 Å². The van der Waals surface area contributed by atoms with Crippen molar-refractivity contribution in [3.63, 3.8) is 0 Å². The van der Waals surface area contributed by atoms with Gasteiger partial charge in [-0.2, -0.15) is 0 Å². The fourth-order valence-corrected chi connectivity index (χ4v) is 4.77. The van der Waals surface area contributed by atoms with E-state index in [1.165, 1.54) is 11.1 Å². The Labute approximate surface area is 117 Å². The third kappa shape index (κ3) is 4.36. The number of hydrogen-bond donors (Lipinski definition) is 0. The molecule has 0 aromatic heterocycles. The van der Waals surface area contributed by atoms with Gasteiger partial charge in [-0.05, 0) is 0 Å². The van der Waals surface area contributed by atoms with Gasteiger partial charge in [-0.25, -0.2) is 0 Å². The molecule has 0 aliphatic rings. The van der Waals surface area contributed by atoms with Crippen LogP contribution in [0.3, 0.4) is 0 Å². The molecule has 0 aliphatic carbocycles.